The molecule has 2 nitrogen and oxygen atoms in total. The molecule has 1 aromatic rings. The van der Waals surface area contributed by atoms with Gasteiger partial charge in [-0.3, -0.25) is 0 Å². The van der Waals surface area contributed by atoms with Crippen LogP contribution in [-0.2, 0) is 6.18 Å². The molecule has 0 aromatic heterocycles. The van der Waals surface area contributed by atoms with Gasteiger partial charge in [-0.1, -0.05) is 11.6 Å². The molecule has 0 N–H and O–H groups in total. The van der Waals surface area contributed by atoms with Crippen LogP contribution in [0, 0.1) is 0 Å². The number of carbonyl (C=O) groups is 1. The first-order valence-corrected chi connectivity index (χ1v) is 3.92. The number of benzene rings is 1. The van der Waals surface area contributed by atoms with Gasteiger partial charge in [-0.2, -0.15) is 13.2 Å². The third-order valence-electron chi connectivity index (χ3n) is 1.44. The molecule has 0 saturated carbocycles. The minimum atomic E-state index is -4.77. The lowest BCUT2D eigenvalue weighted by Gasteiger charge is -2.11. The van der Waals surface area contributed by atoms with Crippen molar-refractivity contribution in [1.82, 2.24) is 0 Å². The molecule has 7 heteroatoms. The van der Waals surface area contributed by atoms with E-state index in [0.29, 0.717) is 6.07 Å². The van der Waals surface area contributed by atoms with Crippen molar-refractivity contribution in [3.63, 3.8) is 0 Å². The van der Waals surface area contributed by atoms with Crippen molar-refractivity contribution < 1.29 is 27.1 Å². The third kappa shape index (κ3) is 3.09. The van der Waals surface area contributed by atoms with Gasteiger partial charge in [0.2, 0.25) is 0 Å². The van der Waals surface area contributed by atoms with Crippen LogP contribution in [-0.4, -0.2) is 6.22 Å². The quantitative estimate of drug-likeness (QED) is 0.553. The Morgan fingerprint density at radius 3 is 2.40 bits per heavy atom. The van der Waals surface area contributed by atoms with Gasteiger partial charge in [0.15, 0.2) is 0 Å². The minimum Gasteiger partial charge on any atom is -0.400 e. The fourth-order valence-corrected chi connectivity index (χ4v) is 1.07. The van der Waals surface area contributed by atoms with Gasteiger partial charge in [-0.25, -0.2) is 4.79 Å². The molecule has 0 heterocycles. The number of alkyl halides is 3. The molecule has 0 aliphatic heterocycles. The lowest BCUT2D eigenvalue weighted by Crippen LogP contribution is -2.09. The Balaban J connectivity index is 3.20. The molecule has 0 aliphatic rings. The van der Waals surface area contributed by atoms with Crippen LogP contribution in [0.1, 0.15) is 5.56 Å². The van der Waals surface area contributed by atoms with E-state index < -0.39 is 23.7 Å². The van der Waals surface area contributed by atoms with Gasteiger partial charge in [0.05, 0.1) is 5.56 Å². The number of ether oxygens (including phenoxy) is 1. The molecule has 0 fully saturated rings. The van der Waals surface area contributed by atoms with E-state index in [1.54, 1.807) is 0 Å². The second-order valence-corrected chi connectivity index (χ2v) is 2.91. The summed E-state index contributed by atoms with van der Waals surface area (Å²) in [5, 5.41) is -0.194. The van der Waals surface area contributed by atoms with E-state index in [0.717, 1.165) is 12.1 Å². The van der Waals surface area contributed by atoms with Crippen molar-refractivity contribution in [1.29, 1.82) is 0 Å². The minimum absolute atomic E-state index is 0.194. The van der Waals surface area contributed by atoms with Gasteiger partial charge < -0.3 is 4.74 Å². The number of rotatable bonds is 1. The maximum atomic E-state index is 12.3. The van der Waals surface area contributed by atoms with E-state index in [-0.39, 0.29) is 5.02 Å². The monoisotopic (exact) mass is 242 g/mol. The molecule has 0 unspecified atom stereocenters. The van der Waals surface area contributed by atoms with Gasteiger partial charge in [0.1, 0.15) is 5.75 Å². The van der Waals surface area contributed by atoms with Crippen LogP contribution in [0.3, 0.4) is 0 Å². The summed E-state index contributed by atoms with van der Waals surface area (Å²) in [5.41, 5.74) is -1.30. The highest BCUT2D eigenvalue weighted by Gasteiger charge is 2.35. The van der Waals surface area contributed by atoms with Crippen molar-refractivity contribution in [2.75, 3.05) is 0 Å². The topological polar surface area (TPSA) is 26.3 Å². The Bertz CT molecular complexity index is 389. The van der Waals surface area contributed by atoms with Gasteiger partial charge in [0.25, 0.3) is 0 Å². The number of carbonyl (C=O) groups excluding carboxylic acids is 1. The van der Waals surface area contributed by atoms with E-state index >= 15 is 0 Å². The number of hydrogen-bond acceptors (Lipinski definition) is 2. The Hall–Kier alpha value is -1.30. The zero-order chi connectivity index (χ0) is 11.6. The third-order valence-corrected chi connectivity index (χ3v) is 1.67. The molecule has 0 amide bonds. The maximum absolute atomic E-state index is 12.3. The molecule has 0 bridgehead atoms. The molecule has 1 aromatic carbocycles. The highest BCUT2D eigenvalue weighted by Crippen LogP contribution is 2.37. The van der Waals surface area contributed by atoms with E-state index in [4.69, 9.17) is 11.6 Å². The van der Waals surface area contributed by atoms with Crippen LogP contribution >= 0.6 is 11.6 Å². The standard InChI is InChI=1S/C8H3ClF4O2/c9-4-1-2-6(15-7(10)14)5(3-4)8(11,12)13/h1-3H. The Kier molecular flexibility index (Phi) is 3.18. The molecule has 0 radical (unpaired) electrons. The van der Waals surface area contributed by atoms with Crippen molar-refractivity contribution in [3.05, 3.63) is 28.8 Å². The van der Waals surface area contributed by atoms with Gasteiger partial charge in [-0.15, -0.1) is 4.39 Å². The summed E-state index contributed by atoms with van der Waals surface area (Å²) in [6, 6.07) is 2.36. The highest BCUT2D eigenvalue weighted by atomic mass is 35.5. The molecule has 15 heavy (non-hydrogen) atoms. The van der Waals surface area contributed by atoms with Crippen LogP contribution in [0.2, 0.25) is 5.02 Å². The fraction of sp³-hybridized carbons (Fsp3) is 0.125. The first-order valence-electron chi connectivity index (χ1n) is 3.55. The SMILES string of the molecule is O=C(F)Oc1ccc(Cl)cc1C(F)(F)F. The van der Waals surface area contributed by atoms with Crippen LogP contribution in [0.5, 0.6) is 5.75 Å². The summed E-state index contributed by atoms with van der Waals surface area (Å²) in [7, 11) is 0. The lowest BCUT2D eigenvalue weighted by atomic mass is 10.2. The van der Waals surface area contributed by atoms with Crippen molar-refractivity contribution in [2.24, 2.45) is 0 Å². The van der Waals surface area contributed by atoms with E-state index in [9.17, 15) is 22.4 Å². The van der Waals surface area contributed by atoms with Crippen molar-refractivity contribution >= 4 is 17.8 Å². The normalized spacial score (nSPS) is 11.3. The van der Waals surface area contributed by atoms with Crippen LogP contribution in [0.15, 0.2) is 18.2 Å². The highest BCUT2D eigenvalue weighted by molar-refractivity contribution is 6.30. The zero-order valence-electron chi connectivity index (χ0n) is 6.94. The lowest BCUT2D eigenvalue weighted by molar-refractivity contribution is -0.138. The summed E-state index contributed by atoms with van der Waals surface area (Å²) in [5.74, 6) is -0.917. The van der Waals surface area contributed by atoms with Gasteiger partial charge in [0, 0.05) is 5.02 Å². The molecule has 82 valence electrons. The maximum Gasteiger partial charge on any atom is 0.500 e. The molecular weight excluding hydrogens is 240 g/mol. The largest absolute Gasteiger partial charge is 0.500 e. The predicted octanol–water partition coefficient (Wildman–Crippen LogP) is 3.83. The second kappa shape index (κ2) is 4.06. The second-order valence-electron chi connectivity index (χ2n) is 2.48. The molecule has 0 aliphatic carbocycles. The van der Waals surface area contributed by atoms with Crippen molar-refractivity contribution in [3.8, 4) is 5.75 Å². The average molecular weight is 243 g/mol. The molecular formula is C8H3ClF4O2. The summed E-state index contributed by atoms with van der Waals surface area (Å²) in [4.78, 5) is 9.89. The molecule has 0 atom stereocenters. The number of hydrogen-bond donors (Lipinski definition) is 0. The number of halogens is 5. The smallest absolute Gasteiger partial charge is 0.400 e. The molecule has 0 spiro atoms. The van der Waals surface area contributed by atoms with E-state index in [2.05, 4.69) is 4.74 Å². The summed E-state index contributed by atoms with van der Waals surface area (Å²) in [6.07, 6.45) is -7.09. The first kappa shape index (κ1) is 11.8. The molecule has 1 rings (SSSR count). The Morgan fingerprint density at radius 1 is 1.33 bits per heavy atom. The van der Waals surface area contributed by atoms with Crippen LogP contribution in [0.4, 0.5) is 22.4 Å². The predicted molar refractivity (Wildman–Crippen MR) is 43.6 cm³/mol. The van der Waals surface area contributed by atoms with E-state index in [1.807, 2.05) is 0 Å². The first-order chi connectivity index (χ1) is 6.80. The summed E-state index contributed by atoms with van der Waals surface area (Å²) < 4.78 is 52.5. The van der Waals surface area contributed by atoms with Gasteiger partial charge in [-0.05, 0) is 18.2 Å². The van der Waals surface area contributed by atoms with Crippen LogP contribution < -0.4 is 4.74 Å². The zero-order valence-corrected chi connectivity index (χ0v) is 7.69. The van der Waals surface area contributed by atoms with E-state index in [1.165, 1.54) is 0 Å². The fourth-order valence-electron chi connectivity index (χ4n) is 0.899. The summed E-state index contributed by atoms with van der Waals surface area (Å²) in [6.45, 7) is 0. The Labute approximate surface area is 86.4 Å². The molecule has 0 saturated heterocycles. The van der Waals surface area contributed by atoms with Crippen LogP contribution in [0.25, 0.3) is 0 Å². The van der Waals surface area contributed by atoms with Crippen molar-refractivity contribution in [2.45, 2.75) is 6.18 Å². The van der Waals surface area contributed by atoms with Gasteiger partial charge >= 0.3 is 12.4 Å². The Morgan fingerprint density at radius 2 is 1.93 bits per heavy atom. The average Bonchev–Trinajstić information content (AvgIpc) is 2.05. The summed E-state index contributed by atoms with van der Waals surface area (Å²) >= 11 is 5.33.